The smallest absolute Gasteiger partial charge is 0.270 e. The average molecular weight is 325 g/mol. The Labute approximate surface area is 137 Å². The van der Waals surface area contributed by atoms with Gasteiger partial charge in [0.1, 0.15) is 11.5 Å². The number of amides is 1. The topological polar surface area (TPSA) is 65.1 Å². The van der Waals surface area contributed by atoms with E-state index >= 15 is 0 Å². The Balaban J connectivity index is 1.48. The van der Waals surface area contributed by atoms with Crippen LogP contribution in [0.5, 0.6) is 0 Å². The number of aromatic nitrogens is 3. The fourth-order valence-electron chi connectivity index (χ4n) is 2.97. The molecule has 3 aromatic rings. The fourth-order valence-corrected chi connectivity index (χ4v) is 2.97. The summed E-state index contributed by atoms with van der Waals surface area (Å²) in [6.45, 7) is 2.50. The minimum absolute atomic E-state index is 0.112. The summed E-state index contributed by atoms with van der Waals surface area (Å²) < 4.78 is 13.8. The largest absolute Gasteiger partial charge is 0.348 e. The third kappa shape index (κ3) is 2.58. The van der Waals surface area contributed by atoms with Crippen molar-refractivity contribution in [2.45, 2.75) is 0 Å². The van der Waals surface area contributed by atoms with E-state index in [1.54, 1.807) is 41.6 Å². The van der Waals surface area contributed by atoms with Crippen LogP contribution in [0.1, 0.15) is 10.5 Å². The first-order valence-electron chi connectivity index (χ1n) is 7.81. The summed E-state index contributed by atoms with van der Waals surface area (Å²) in [7, 11) is 0. The van der Waals surface area contributed by atoms with Crippen LogP contribution in [0.15, 0.2) is 42.7 Å². The molecule has 122 valence electrons. The molecule has 0 unspecified atom stereocenters. The van der Waals surface area contributed by atoms with Gasteiger partial charge >= 0.3 is 0 Å². The minimum Gasteiger partial charge on any atom is -0.348 e. The zero-order valence-corrected chi connectivity index (χ0v) is 12.9. The normalized spacial score (nSPS) is 15.0. The summed E-state index contributed by atoms with van der Waals surface area (Å²) >= 11 is 0. The van der Waals surface area contributed by atoms with E-state index in [1.807, 2.05) is 0 Å². The lowest BCUT2D eigenvalue weighted by Crippen LogP contribution is -2.49. The Morgan fingerprint density at radius 1 is 1.08 bits per heavy atom. The number of hydrogen-bond acceptors (Lipinski definition) is 4. The second kappa shape index (κ2) is 5.92. The molecule has 24 heavy (non-hydrogen) atoms. The van der Waals surface area contributed by atoms with Crippen LogP contribution in [-0.4, -0.2) is 51.9 Å². The highest BCUT2D eigenvalue weighted by atomic mass is 19.1. The van der Waals surface area contributed by atoms with Crippen molar-refractivity contribution in [2.75, 3.05) is 31.1 Å². The summed E-state index contributed by atoms with van der Waals surface area (Å²) in [5.74, 6) is 0.217. The monoisotopic (exact) mass is 325 g/mol. The van der Waals surface area contributed by atoms with Crippen molar-refractivity contribution in [1.82, 2.24) is 19.9 Å². The van der Waals surface area contributed by atoms with Gasteiger partial charge in [0, 0.05) is 44.0 Å². The quantitative estimate of drug-likeness (QED) is 0.783. The van der Waals surface area contributed by atoms with Crippen LogP contribution in [0.25, 0.3) is 10.9 Å². The molecule has 0 atom stereocenters. The molecule has 1 aliphatic rings. The molecule has 1 aliphatic heterocycles. The Hall–Kier alpha value is -2.96. The van der Waals surface area contributed by atoms with Gasteiger partial charge in [-0.05, 0) is 18.2 Å². The average Bonchev–Trinajstić information content (AvgIpc) is 3.08. The first-order valence-corrected chi connectivity index (χ1v) is 7.81. The Morgan fingerprint density at radius 3 is 2.54 bits per heavy atom. The maximum Gasteiger partial charge on any atom is 0.270 e. The second-order valence-electron chi connectivity index (χ2n) is 5.72. The van der Waals surface area contributed by atoms with Gasteiger partial charge in [-0.25, -0.2) is 14.4 Å². The number of fused-ring (bicyclic) bond motifs is 1. The summed E-state index contributed by atoms with van der Waals surface area (Å²) in [5, 5.41) is 0.703. The Bertz CT molecular complexity index is 871. The molecule has 0 bridgehead atoms. The molecule has 4 rings (SSSR count). The molecule has 6 nitrogen and oxygen atoms in total. The van der Waals surface area contributed by atoms with Crippen LogP contribution in [0, 0.1) is 5.82 Å². The van der Waals surface area contributed by atoms with Gasteiger partial charge < -0.3 is 14.8 Å². The van der Waals surface area contributed by atoms with Crippen molar-refractivity contribution in [3.8, 4) is 0 Å². The number of piperazine rings is 1. The van der Waals surface area contributed by atoms with Gasteiger partial charge in [-0.2, -0.15) is 0 Å². The highest BCUT2D eigenvalue weighted by Crippen LogP contribution is 2.20. The van der Waals surface area contributed by atoms with E-state index in [9.17, 15) is 9.18 Å². The van der Waals surface area contributed by atoms with E-state index in [2.05, 4.69) is 19.9 Å². The number of nitrogens with one attached hydrogen (secondary N) is 1. The molecular weight excluding hydrogens is 309 g/mol. The maximum atomic E-state index is 13.8. The summed E-state index contributed by atoms with van der Waals surface area (Å²) in [6.07, 6.45) is 3.41. The Morgan fingerprint density at radius 2 is 1.83 bits per heavy atom. The lowest BCUT2D eigenvalue weighted by atomic mass is 10.2. The van der Waals surface area contributed by atoms with Crippen LogP contribution in [-0.2, 0) is 0 Å². The molecule has 1 fully saturated rings. The summed E-state index contributed by atoms with van der Waals surface area (Å²) in [5.41, 5.74) is 0.789. The fraction of sp³-hybridized carbons (Fsp3) is 0.235. The summed E-state index contributed by atoms with van der Waals surface area (Å²) in [6, 6.07) is 8.28. The van der Waals surface area contributed by atoms with Gasteiger partial charge in [-0.1, -0.05) is 12.1 Å². The van der Waals surface area contributed by atoms with Crippen molar-refractivity contribution in [2.24, 2.45) is 0 Å². The minimum atomic E-state index is -0.349. The van der Waals surface area contributed by atoms with Crippen molar-refractivity contribution < 1.29 is 9.18 Å². The molecule has 0 saturated carbocycles. The molecule has 2 aromatic heterocycles. The molecule has 0 spiro atoms. The van der Waals surface area contributed by atoms with E-state index in [-0.39, 0.29) is 11.7 Å². The lowest BCUT2D eigenvalue weighted by Gasteiger charge is -2.34. The highest BCUT2D eigenvalue weighted by Gasteiger charge is 2.24. The van der Waals surface area contributed by atoms with Crippen LogP contribution in [0.2, 0.25) is 0 Å². The van der Waals surface area contributed by atoms with E-state index in [4.69, 9.17) is 0 Å². The molecule has 7 heteroatoms. The summed E-state index contributed by atoms with van der Waals surface area (Å²) in [4.78, 5) is 27.8. The van der Waals surface area contributed by atoms with E-state index in [0.29, 0.717) is 48.7 Å². The highest BCUT2D eigenvalue weighted by molar-refractivity contribution is 5.98. The number of carbonyl (C=O) groups is 1. The number of H-pyrrole nitrogens is 1. The molecule has 3 heterocycles. The van der Waals surface area contributed by atoms with Crippen LogP contribution in [0.3, 0.4) is 0 Å². The van der Waals surface area contributed by atoms with Crippen molar-refractivity contribution in [1.29, 1.82) is 0 Å². The number of halogens is 1. The maximum absolute atomic E-state index is 13.8. The Kier molecular flexibility index (Phi) is 3.60. The lowest BCUT2D eigenvalue weighted by molar-refractivity contribution is 0.0741. The molecule has 0 radical (unpaired) electrons. The van der Waals surface area contributed by atoms with Gasteiger partial charge in [0.2, 0.25) is 5.95 Å². The molecule has 1 saturated heterocycles. The molecule has 0 aliphatic carbocycles. The third-order valence-corrected chi connectivity index (χ3v) is 4.24. The van der Waals surface area contributed by atoms with Gasteiger partial charge in [0.15, 0.2) is 0 Å². The molecule has 1 aromatic carbocycles. The molecular formula is C17H16FN5O. The van der Waals surface area contributed by atoms with Gasteiger partial charge in [-0.3, -0.25) is 4.79 Å². The van der Waals surface area contributed by atoms with Crippen LogP contribution in [0.4, 0.5) is 10.3 Å². The predicted molar refractivity (Wildman–Crippen MR) is 88.4 cm³/mol. The van der Waals surface area contributed by atoms with E-state index in [0.717, 1.165) is 0 Å². The number of benzene rings is 1. The van der Waals surface area contributed by atoms with Crippen molar-refractivity contribution >= 4 is 22.8 Å². The second-order valence-corrected chi connectivity index (χ2v) is 5.72. The van der Waals surface area contributed by atoms with Crippen molar-refractivity contribution in [3.63, 3.8) is 0 Å². The predicted octanol–water partition coefficient (Wildman–Crippen LogP) is 2.06. The van der Waals surface area contributed by atoms with Crippen LogP contribution >= 0.6 is 0 Å². The first kappa shape index (κ1) is 14.6. The molecule has 1 N–H and O–H groups in total. The third-order valence-electron chi connectivity index (χ3n) is 4.24. The van der Waals surface area contributed by atoms with E-state index < -0.39 is 0 Å². The van der Waals surface area contributed by atoms with Gasteiger partial charge in [0.05, 0.1) is 5.52 Å². The van der Waals surface area contributed by atoms with Gasteiger partial charge in [0.25, 0.3) is 5.91 Å². The van der Waals surface area contributed by atoms with Gasteiger partial charge in [-0.15, -0.1) is 0 Å². The number of nitrogens with zero attached hydrogens (tertiary/aromatic N) is 4. The standard InChI is InChI=1S/C17H16FN5O/c18-13-4-1-3-12-11-14(21-15(12)13)16(24)22-7-9-23(10-8-22)17-19-5-2-6-20-17/h1-6,11,21H,7-10H2. The number of aromatic amines is 1. The number of para-hydroxylation sites is 1. The first-order chi connectivity index (χ1) is 11.7. The van der Waals surface area contributed by atoms with E-state index in [1.165, 1.54) is 6.07 Å². The zero-order valence-electron chi connectivity index (χ0n) is 12.9. The number of carbonyl (C=O) groups excluding carboxylic acids is 1. The number of rotatable bonds is 2. The molecule has 1 amide bonds. The zero-order chi connectivity index (χ0) is 16.5. The van der Waals surface area contributed by atoms with Crippen LogP contribution < -0.4 is 4.90 Å². The number of anilines is 1. The SMILES string of the molecule is O=C(c1cc2cccc(F)c2[nH]1)N1CCN(c2ncccn2)CC1. The number of hydrogen-bond donors (Lipinski definition) is 1. The van der Waals surface area contributed by atoms with Crippen molar-refractivity contribution in [3.05, 3.63) is 54.2 Å².